The van der Waals surface area contributed by atoms with Crippen LogP contribution < -0.4 is 5.73 Å². The number of nitrogens with two attached hydrogens (primary N) is 1. The highest BCUT2D eigenvalue weighted by molar-refractivity contribution is 6.31. The molecule has 0 aliphatic heterocycles. The Kier molecular flexibility index (Phi) is 3.79. The van der Waals surface area contributed by atoms with Gasteiger partial charge in [0.25, 0.3) is 0 Å². The third kappa shape index (κ3) is 2.97. The summed E-state index contributed by atoms with van der Waals surface area (Å²) < 4.78 is 12.9. The van der Waals surface area contributed by atoms with Crippen molar-refractivity contribution in [3.63, 3.8) is 0 Å². The molecule has 94 valence electrons. The summed E-state index contributed by atoms with van der Waals surface area (Å²) in [4.78, 5) is 3.87. The van der Waals surface area contributed by atoms with E-state index in [9.17, 15) is 9.50 Å². The summed E-state index contributed by atoms with van der Waals surface area (Å²) in [6, 6.07) is 7.37. The highest BCUT2D eigenvalue weighted by Gasteiger charge is 2.13. The van der Waals surface area contributed by atoms with Crippen molar-refractivity contribution in [1.29, 1.82) is 0 Å². The predicted octanol–water partition coefficient (Wildman–Crippen LogP) is 2.73. The van der Waals surface area contributed by atoms with E-state index in [2.05, 4.69) is 4.98 Å². The zero-order valence-corrected chi connectivity index (χ0v) is 10.2. The molecular weight excluding hydrogens is 255 g/mol. The molecule has 0 aliphatic carbocycles. The van der Waals surface area contributed by atoms with Crippen LogP contribution in [0.25, 0.3) is 0 Å². The number of hydrogen-bond acceptors (Lipinski definition) is 3. The Balaban J connectivity index is 2.19. The molecule has 0 aliphatic rings. The highest BCUT2D eigenvalue weighted by Crippen LogP contribution is 2.26. The average Bonchev–Trinajstić information content (AvgIpc) is 2.28. The average molecular weight is 267 g/mol. The van der Waals surface area contributed by atoms with Crippen LogP contribution in [0.1, 0.15) is 17.2 Å². The fraction of sp³-hybridized carbons (Fsp3) is 0.154. The van der Waals surface area contributed by atoms with E-state index in [1.165, 1.54) is 18.2 Å². The van der Waals surface area contributed by atoms with Crippen LogP contribution in [-0.2, 0) is 6.42 Å². The van der Waals surface area contributed by atoms with E-state index in [1.54, 1.807) is 18.3 Å². The van der Waals surface area contributed by atoms with Crippen LogP contribution in [0.15, 0.2) is 36.5 Å². The molecule has 0 saturated heterocycles. The number of aliphatic hydroxyl groups is 1. The van der Waals surface area contributed by atoms with E-state index in [4.69, 9.17) is 17.3 Å². The van der Waals surface area contributed by atoms with Crippen molar-refractivity contribution in [2.75, 3.05) is 5.73 Å². The normalized spacial score (nSPS) is 12.4. The van der Waals surface area contributed by atoms with Crippen LogP contribution in [0.4, 0.5) is 10.2 Å². The first-order valence-corrected chi connectivity index (χ1v) is 5.77. The molecule has 0 spiro atoms. The molecule has 2 aromatic rings. The summed E-state index contributed by atoms with van der Waals surface area (Å²) >= 11 is 5.88. The maximum atomic E-state index is 12.9. The molecule has 3 nitrogen and oxygen atoms in total. The van der Waals surface area contributed by atoms with Gasteiger partial charge < -0.3 is 10.8 Å². The van der Waals surface area contributed by atoms with E-state index >= 15 is 0 Å². The van der Waals surface area contributed by atoms with Crippen LogP contribution in [0.5, 0.6) is 0 Å². The molecule has 0 saturated carbocycles. The number of hydrogen-bond donors (Lipinski definition) is 2. The predicted molar refractivity (Wildman–Crippen MR) is 68.7 cm³/mol. The molecule has 0 amide bonds. The van der Waals surface area contributed by atoms with E-state index in [0.29, 0.717) is 17.8 Å². The van der Waals surface area contributed by atoms with Crippen molar-refractivity contribution < 1.29 is 9.50 Å². The second kappa shape index (κ2) is 5.33. The lowest BCUT2D eigenvalue weighted by Gasteiger charge is -2.13. The second-order valence-corrected chi connectivity index (χ2v) is 4.38. The Hall–Kier alpha value is -1.65. The monoisotopic (exact) mass is 266 g/mol. The summed E-state index contributed by atoms with van der Waals surface area (Å²) in [5.74, 6) is -0.0333. The van der Waals surface area contributed by atoms with E-state index in [0.717, 1.165) is 5.56 Å². The maximum absolute atomic E-state index is 12.9. The summed E-state index contributed by atoms with van der Waals surface area (Å²) in [6.45, 7) is 0. The molecular formula is C13H12ClFN2O. The Morgan fingerprint density at radius 2 is 2.11 bits per heavy atom. The molecule has 1 atom stereocenters. The lowest BCUT2D eigenvalue weighted by Crippen LogP contribution is -2.03. The maximum Gasteiger partial charge on any atom is 0.124 e. The Bertz CT molecular complexity index is 562. The van der Waals surface area contributed by atoms with E-state index in [1.807, 2.05) is 0 Å². The van der Waals surface area contributed by atoms with Crippen LogP contribution in [-0.4, -0.2) is 10.1 Å². The molecule has 2 rings (SSSR count). The van der Waals surface area contributed by atoms with Crippen molar-refractivity contribution in [1.82, 2.24) is 4.98 Å². The second-order valence-electron chi connectivity index (χ2n) is 3.97. The molecule has 3 N–H and O–H groups in total. The largest absolute Gasteiger partial charge is 0.388 e. The van der Waals surface area contributed by atoms with Crippen LogP contribution in [0, 0.1) is 5.82 Å². The van der Waals surface area contributed by atoms with Crippen molar-refractivity contribution in [3.8, 4) is 0 Å². The molecule has 0 fully saturated rings. The lowest BCUT2D eigenvalue weighted by atomic mass is 10.0. The van der Waals surface area contributed by atoms with Gasteiger partial charge in [-0.1, -0.05) is 17.7 Å². The Morgan fingerprint density at radius 3 is 2.78 bits per heavy atom. The fourth-order valence-corrected chi connectivity index (χ4v) is 2.02. The van der Waals surface area contributed by atoms with Gasteiger partial charge in [0.15, 0.2) is 0 Å². The van der Waals surface area contributed by atoms with E-state index < -0.39 is 11.9 Å². The van der Waals surface area contributed by atoms with Gasteiger partial charge in [0.2, 0.25) is 0 Å². The number of pyridine rings is 1. The van der Waals surface area contributed by atoms with Gasteiger partial charge in [-0.25, -0.2) is 9.37 Å². The first-order valence-electron chi connectivity index (χ1n) is 5.39. The third-order valence-corrected chi connectivity index (χ3v) is 2.92. The topological polar surface area (TPSA) is 59.1 Å². The minimum Gasteiger partial charge on any atom is -0.388 e. The van der Waals surface area contributed by atoms with Gasteiger partial charge in [0.1, 0.15) is 11.6 Å². The van der Waals surface area contributed by atoms with Gasteiger partial charge in [-0.15, -0.1) is 0 Å². The Morgan fingerprint density at radius 1 is 1.33 bits per heavy atom. The summed E-state index contributed by atoms with van der Waals surface area (Å²) in [7, 11) is 0. The summed E-state index contributed by atoms with van der Waals surface area (Å²) in [6.07, 6.45) is 1.11. The minimum atomic E-state index is -0.806. The number of aromatic nitrogens is 1. The number of nitrogens with zero attached hydrogens (tertiary/aromatic N) is 1. The smallest absolute Gasteiger partial charge is 0.124 e. The van der Waals surface area contributed by atoms with Gasteiger partial charge in [0, 0.05) is 17.6 Å². The van der Waals surface area contributed by atoms with Gasteiger partial charge in [-0.3, -0.25) is 0 Å². The molecule has 1 unspecified atom stereocenters. The number of anilines is 1. The minimum absolute atomic E-state index is 0.213. The standard InChI is InChI=1S/C13H12ClFN2O/c14-11-7-9(15)1-2-10(11)12(18)5-8-3-4-17-13(16)6-8/h1-4,6-7,12,18H,5H2,(H2,16,17). The number of rotatable bonds is 3. The highest BCUT2D eigenvalue weighted by atomic mass is 35.5. The fourth-order valence-electron chi connectivity index (χ4n) is 1.73. The third-order valence-electron chi connectivity index (χ3n) is 2.60. The summed E-state index contributed by atoms with van der Waals surface area (Å²) in [5, 5.41) is 10.3. The van der Waals surface area contributed by atoms with Crippen LogP contribution in [0.3, 0.4) is 0 Å². The van der Waals surface area contributed by atoms with Crippen molar-refractivity contribution in [2.24, 2.45) is 0 Å². The number of nitrogen functional groups attached to an aromatic ring is 1. The molecule has 1 heterocycles. The van der Waals surface area contributed by atoms with Gasteiger partial charge in [-0.2, -0.15) is 0 Å². The summed E-state index contributed by atoms with van der Waals surface area (Å²) in [5.41, 5.74) is 6.89. The zero-order chi connectivity index (χ0) is 13.1. The van der Waals surface area contributed by atoms with Crippen LogP contribution >= 0.6 is 11.6 Å². The van der Waals surface area contributed by atoms with Gasteiger partial charge in [-0.05, 0) is 35.4 Å². The molecule has 5 heteroatoms. The SMILES string of the molecule is Nc1cc(CC(O)c2ccc(F)cc2Cl)ccn1. The number of aliphatic hydroxyl groups excluding tert-OH is 1. The number of benzene rings is 1. The van der Waals surface area contributed by atoms with Crippen molar-refractivity contribution in [3.05, 3.63) is 58.5 Å². The quantitative estimate of drug-likeness (QED) is 0.898. The Labute approximate surface area is 109 Å². The number of halogens is 2. The molecule has 1 aromatic heterocycles. The van der Waals surface area contributed by atoms with Crippen LogP contribution in [0.2, 0.25) is 5.02 Å². The molecule has 0 bridgehead atoms. The molecule has 18 heavy (non-hydrogen) atoms. The van der Waals surface area contributed by atoms with Gasteiger partial charge in [0.05, 0.1) is 6.10 Å². The van der Waals surface area contributed by atoms with Crippen molar-refractivity contribution in [2.45, 2.75) is 12.5 Å². The van der Waals surface area contributed by atoms with E-state index in [-0.39, 0.29) is 5.02 Å². The molecule has 1 aromatic carbocycles. The lowest BCUT2D eigenvalue weighted by molar-refractivity contribution is 0.178. The first-order chi connectivity index (χ1) is 8.56. The molecule has 0 radical (unpaired) electrons. The van der Waals surface area contributed by atoms with Gasteiger partial charge >= 0.3 is 0 Å². The first kappa shape index (κ1) is 12.8. The van der Waals surface area contributed by atoms with Crippen molar-refractivity contribution >= 4 is 17.4 Å². The zero-order valence-electron chi connectivity index (χ0n) is 9.48.